The molecule has 1 aliphatic rings. The number of rotatable bonds is 8. The molecule has 0 unspecified atom stereocenters. The SMILES string of the molecule is CCCCCc1cc(O[C@@H]2O[C@H](CO)[C@@H](O)[C@H](O)[C@H]2O)cc(OC)c1O. The maximum atomic E-state index is 10.3. The zero-order valence-corrected chi connectivity index (χ0v) is 15.0. The van der Waals surface area contributed by atoms with Crippen LogP contribution in [0, 0.1) is 0 Å². The Hall–Kier alpha value is -1.58. The van der Waals surface area contributed by atoms with Crippen molar-refractivity contribution >= 4 is 0 Å². The number of phenols is 1. The summed E-state index contributed by atoms with van der Waals surface area (Å²) in [5.41, 5.74) is 0.636. The topological polar surface area (TPSA) is 129 Å². The summed E-state index contributed by atoms with van der Waals surface area (Å²) in [4.78, 5) is 0. The lowest BCUT2D eigenvalue weighted by molar-refractivity contribution is -0.277. The van der Waals surface area contributed by atoms with Gasteiger partial charge in [-0.1, -0.05) is 19.8 Å². The number of aliphatic hydroxyl groups excluding tert-OH is 4. The number of methoxy groups -OCH3 is 1. The van der Waals surface area contributed by atoms with Crippen LogP contribution in [0.15, 0.2) is 12.1 Å². The van der Waals surface area contributed by atoms with E-state index in [-0.39, 0.29) is 17.2 Å². The molecule has 26 heavy (non-hydrogen) atoms. The molecule has 0 saturated carbocycles. The quantitative estimate of drug-likeness (QED) is 0.413. The van der Waals surface area contributed by atoms with Crippen molar-refractivity contribution in [3.63, 3.8) is 0 Å². The van der Waals surface area contributed by atoms with Crippen LogP contribution in [0.1, 0.15) is 31.7 Å². The zero-order valence-electron chi connectivity index (χ0n) is 15.0. The first-order chi connectivity index (χ1) is 12.4. The third kappa shape index (κ3) is 4.57. The van der Waals surface area contributed by atoms with Crippen molar-refractivity contribution in [3.8, 4) is 17.2 Å². The molecule has 1 aromatic carbocycles. The van der Waals surface area contributed by atoms with Gasteiger partial charge in [-0.15, -0.1) is 0 Å². The average molecular weight is 372 g/mol. The fraction of sp³-hybridized carbons (Fsp3) is 0.667. The van der Waals surface area contributed by atoms with Crippen LogP contribution >= 0.6 is 0 Å². The van der Waals surface area contributed by atoms with Crippen LogP contribution in [0.3, 0.4) is 0 Å². The molecular formula is C18H28O8. The Bertz CT molecular complexity index is 577. The van der Waals surface area contributed by atoms with Crippen LogP contribution in [-0.4, -0.2) is 70.0 Å². The van der Waals surface area contributed by atoms with Gasteiger partial charge in [-0.2, -0.15) is 0 Å². The predicted octanol–water partition coefficient (Wildman–Crippen LogP) is 0.312. The van der Waals surface area contributed by atoms with Crippen molar-refractivity contribution < 1.29 is 39.7 Å². The van der Waals surface area contributed by atoms with Crippen LogP contribution in [-0.2, 0) is 11.2 Å². The summed E-state index contributed by atoms with van der Waals surface area (Å²) >= 11 is 0. The molecule has 1 fully saturated rings. The number of unbranched alkanes of at least 4 members (excludes halogenated alkanes) is 2. The molecule has 1 heterocycles. The Morgan fingerprint density at radius 1 is 1.08 bits per heavy atom. The third-order valence-electron chi connectivity index (χ3n) is 4.50. The molecule has 1 aliphatic heterocycles. The van der Waals surface area contributed by atoms with Crippen LogP contribution in [0.25, 0.3) is 0 Å². The Morgan fingerprint density at radius 2 is 1.81 bits per heavy atom. The van der Waals surface area contributed by atoms with Gasteiger partial charge < -0.3 is 39.7 Å². The summed E-state index contributed by atoms with van der Waals surface area (Å²) in [6, 6.07) is 3.06. The molecule has 148 valence electrons. The van der Waals surface area contributed by atoms with Crippen LogP contribution in [0.5, 0.6) is 17.2 Å². The van der Waals surface area contributed by atoms with Crippen molar-refractivity contribution in [2.24, 2.45) is 0 Å². The fourth-order valence-corrected chi connectivity index (χ4v) is 2.92. The first kappa shape index (κ1) is 20.7. The first-order valence-electron chi connectivity index (χ1n) is 8.79. The lowest BCUT2D eigenvalue weighted by Crippen LogP contribution is -2.60. The maximum absolute atomic E-state index is 10.3. The van der Waals surface area contributed by atoms with Crippen molar-refractivity contribution in [1.82, 2.24) is 0 Å². The van der Waals surface area contributed by atoms with Crippen molar-refractivity contribution in [2.75, 3.05) is 13.7 Å². The highest BCUT2D eigenvalue weighted by Gasteiger charge is 2.44. The summed E-state index contributed by atoms with van der Waals surface area (Å²) in [5.74, 6) is 0.527. The van der Waals surface area contributed by atoms with Gasteiger partial charge in [0.05, 0.1) is 13.7 Å². The van der Waals surface area contributed by atoms with Crippen molar-refractivity contribution in [3.05, 3.63) is 17.7 Å². The second kappa shape index (κ2) is 9.38. The minimum atomic E-state index is -1.52. The summed E-state index contributed by atoms with van der Waals surface area (Å²) in [7, 11) is 1.42. The number of benzene rings is 1. The van der Waals surface area contributed by atoms with Gasteiger partial charge in [0.15, 0.2) is 11.5 Å². The third-order valence-corrected chi connectivity index (χ3v) is 4.50. The normalized spacial score (nSPS) is 28.8. The second-order valence-electron chi connectivity index (χ2n) is 6.41. The van der Waals surface area contributed by atoms with E-state index < -0.39 is 37.3 Å². The minimum absolute atomic E-state index is 0.0322. The number of hydrogen-bond donors (Lipinski definition) is 5. The number of phenolic OH excluding ortho intramolecular Hbond substituents is 1. The number of aromatic hydroxyl groups is 1. The van der Waals surface area contributed by atoms with Crippen molar-refractivity contribution in [1.29, 1.82) is 0 Å². The van der Waals surface area contributed by atoms with Gasteiger partial charge >= 0.3 is 0 Å². The standard InChI is InChI=1S/C18H28O8/c1-3-4-5-6-10-7-11(8-12(24-2)14(10)20)25-18-17(23)16(22)15(21)13(9-19)26-18/h7-8,13,15-23H,3-6,9H2,1-2H3/t13-,15-,16+,17-,18-/m1/s1. The van der Waals surface area contributed by atoms with Gasteiger partial charge in [0, 0.05) is 11.6 Å². The monoisotopic (exact) mass is 372 g/mol. The second-order valence-corrected chi connectivity index (χ2v) is 6.41. The molecule has 5 atom stereocenters. The van der Waals surface area contributed by atoms with Crippen LogP contribution in [0.4, 0.5) is 0 Å². The summed E-state index contributed by atoms with van der Waals surface area (Å²) in [6.45, 7) is 1.55. The van der Waals surface area contributed by atoms with E-state index in [1.807, 2.05) is 0 Å². The molecule has 5 N–H and O–H groups in total. The van der Waals surface area contributed by atoms with E-state index in [1.165, 1.54) is 13.2 Å². The van der Waals surface area contributed by atoms with Gasteiger partial charge in [-0.25, -0.2) is 0 Å². The Balaban J connectivity index is 2.20. The predicted molar refractivity (Wildman–Crippen MR) is 92.3 cm³/mol. The first-order valence-corrected chi connectivity index (χ1v) is 8.79. The molecule has 8 nitrogen and oxygen atoms in total. The van der Waals surface area contributed by atoms with E-state index in [4.69, 9.17) is 14.2 Å². The molecule has 0 bridgehead atoms. The molecular weight excluding hydrogens is 344 g/mol. The molecule has 0 spiro atoms. The number of hydrogen-bond acceptors (Lipinski definition) is 8. The smallest absolute Gasteiger partial charge is 0.229 e. The summed E-state index contributed by atoms with van der Waals surface area (Å²) < 4.78 is 16.1. The van der Waals surface area contributed by atoms with Crippen molar-refractivity contribution in [2.45, 2.75) is 63.3 Å². The van der Waals surface area contributed by atoms with E-state index in [0.29, 0.717) is 12.0 Å². The highest BCUT2D eigenvalue weighted by molar-refractivity contribution is 5.51. The lowest BCUT2D eigenvalue weighted by atomic mass is 9.99. The lowest BCUT2D eigenvalue weighted by Gasteiger charge is -2.39. The highest BCUT2D eigenvalue weighted by Crippen LogP contribution is 2.36. The van der Waals surface area contributed by atoms with E-state index in [0.717, 1.165) is 19.3 Å². The molecule has 1 saturated heterocycles. The highest BCUT2D eigenvalue weighted by atomic mass is 16.7. The van der Waals surface area contributed by atoms with Gasteiger partial charge in [-0.05, 0) is 18.9 Å². The van der Waals surface area contributed by atoms with Crippen LogP contribution in [0.2, 0.25) is 0 Å². The molecule has 8 heteroatoms. The molecule has 0 radical (unpaired) electrons. The largest absolute Gasteiger partial charge is 0.504 e. The number of aryl methyl sites for hydroxylation is 1. The minimum Gasteiger partial charge on any atom is -0.504 e. The van der Waals surface area contributed by atoms with Crippen LogP contribution < -0.4 is 9.47 Å². The Labute approximate surface area is 152 Å². The molecule has 2 rings (SSSR count). The molecule has 0 amide bonds. The van der Waals surface area contributed by atoms with Gasteiger partial charge in [0.2, 0.25) is 6.29 Å². The van der Waals surface area contributed by atoms with E-state index in [1.54, 1.807) is 6.07 Å². The number of ether oxygens (including phenoxy) is 3. The van der Waals surface area contributed by atoms with Gasteiger partial charge in [0.25, 0.3) is 0 Å². The zero-order chi connectivity index (χ0) is 19.3. The summed E-state index contributed by atoms with van der Waals surface area (Å²) in [6.07, 6.45) is -3.25. The summed E-state index contributed by atoms with van der Waals surface area (Å²) in [5, 5.41) is 49.3. The fourth-order valence-electron chi connectivity index (χ4n) is 2.92. The van der Waals surface area contributed by atoms with E-state index in [9.17, 15) is 25.5 Å². The number of aliphatic hydroxyl groups is 4. The maximum Gasteiger partial charge on any atom is 0.229 e. The van der Waals surface area contributed by atoms with E-state index in [2.05, 4.69) is 6.92 Å². The molecule has 0 aromatic heterocycles. The van der Waals surface area contributed by atoms with Gasteiger partial charge in [0.1, 0.15) is 30.2 Å². The Kier molecular flexibility index (Phi) is 7.48. The van der Waals surface area contributed by atoms with Gasteiger partial charge in [-0.3, -0.25) is 0 Å². The average Bonchev–Trinajstić information content (AvgIpc) is 2.64. The van der Waals surface area contributed by atoms with E-state index >= 15 is 0 Å². The molecule has 1 aromatic rings. The molecule has 0 aliphatic carbocycles. The Morgan fingerprint density at radius 3 is 2.42 bits per heavy atom.